The first-order valence-corrected chi connectivity index (χ1v) is 8.57. The third-order valence-electron chi connectivity index (χ3n) is 4.52. The molecule has 1 fully saturated rings. The van der Waals surface area contributed by atoms with Gasteiger partial charge in [-0.05, 0) is 30.3 Å². The van der Waals surface area contributed by atoms with E-state index in [0.29, 0.717) is 0 Å². The molecule has 6 nitrogen and oxygen atoms in total. The topological polar surface area (TPSA) is 57.2 Å². The summed E-state index contributed by atoms with van der Waals surface area (Å²) in [5.74, 6) is 0.793. The number of piperazine rings is 1. The zero-order chi connectivity index (χ0) is 17.2. The highest BCUT2D eigenvalue weighted by Gasteiger charge is 2.14. The summed E-state index contributed by atoms with van der Waals surface area (Å²) in [6.45, 7) is 3.81. The molecule has 0 radical (unpaired) electrons. The Bertz CT molecular complexity index is 886. The Kier molecular flexibility index (Phi) is 4.19. The molecule has 4 rings (SSSR count). The fraction of sp³-hybridized carbons (Fsp3) is 0.316. The maximum atomic E-state index is 4.77. The summed E-state index contributed by atoms with van der Waals surface area (Å²) >= 11 is 0. The molecule has 0 atom stereocenters. The molecular weight excluding hydrogens is 312 g/mol. The van der Waals surface area contributed by atoms with Gasteiger partial charge in [-0.3, -0.25) is 4.98 Å². The van der Waals surface area contributed by atoms with Crippen molar-refractivity contribution in [3.05, 3.63) is 42.7 Å². The van der Waals surface area contributed by atoms with Crippen LogP contribution in [-0.4, -0.2) is 55.2 Å². The summed E-state index contributed by atoms with van der Waals surface area (Å²) < 4.78 is 0. The van der Waals surface area contributed by atoms with Gasteiger partial charge in [0.05, 0.1) is 11.2 Å². The number of hydrogen-bond donors (Lipinski definition) is 1. The van der Waals surface area contributed by atoms with Crippen molar-refractivity contribution >= 4 is 22.5 Å². The van der Waals surface area contributed by atoms with Crippen LogP contribution in [0.5, 0.6) is 0 Å². The minimum absolute atomic E-state index is 0.793. The van der Waals surface area contributed by atoms with Gasteiger partial charge < -0.3 is 15.1 Å². The van der Waals surface area contributed by atoms with Crippen molar-refractivity contribution in [2.45, 2.75) is 0 Å². The predicted octanol–water partition coefficient (Wildman–Crippen LogP) is 2.17. The molecule has 3 heterocycles. The lowest BCUT2D eigenvalue weighted by molar-refractivity contribution is 0.580. The minimum Gasteiger partial charge on any atom is -0.378 e. The van der Waals surface area contributed by atoms with Gasteiger partial charge in [0, 0.05) is 69.3 Å². The average Bonchev–Trinajstić information content (AvgIpc) is 2.68. The number of nitrogens with zero attached hydrogens (tertiary/aromatic N) is 5. The number of pyridine rings is 1. The lowest BCUT2D eigenvalue weighted by atomic mass is 10.1. The van der Waals surface area contributed by atoms with E-state index in [0.717, 1.165) is 60.0 Å². The van der Waals surface area contributed by atoms with E-state index < -0.39 is 0 Å². The van der Waals surface area contributed by atoms with E-state index in [2.05, 4.69) is 49.4 Å². The van der Waals surface area contributed by atoms with Gasteiger partial charge in [0.1, 0.15) is 0 Å². The summed E-state index contributed by atoms with van der Waals surface area (Å²) in [4.78, 5) is 18.1. The molecule has 0 unspecified atom stereocenters. The van der Waals surface area contributed by atoms with Gasteiger partial charge >= 0.3 is 0 Å². The van der Waals surface area contributed by atoms with Gasteiger partial charge in [0.2, 0.25) is 5.95 Å². The molecule has 1 saturated heterocycles. The number of fused-ring (bicyclic) bond motifs is 1. The van der Waals surface area contributed by atoms with Crippen molar-refractivity contribution in [2.24, 2.45) is 0 Å². The van der Waals surface area contributed by atoms with Gasteiger partial charge in [0.25, 0.3) is 0 Å². The first kappa shape index (κ1) is 15.8. The van der Waals surface area contributed by atoms with Crippen LogP contribution in [0.1, 0.15) is 0 Å². The van der Waals surface area contributed by atoms with Crippen molar-refractivity contribution < 1.29 is 0 Å². The third kappa shape index (κ3) is 3.25. The molecule has 1 aromatic carbocycles. The summed E-state index contributed by atoms with van der Waals surface area (Å²) in [6, 6.07) is 10.4. The monoisotopic (exact) mass is 334 g/mol. The second-order valence-electron chi connectivity index (χ2n) is 6.47. The molecule has 2 aromatic heterocycles. The summed E-state index contributed by atoms with van der Waals surface area (Å²) in [5, 5.41) is 4.47. The zero-order valence-electron chi connectivity index (χ0n) is 14.6. The van der Waals surface area contributed by atoms with E-state index in [4.69, 9.17) is 4.98 Å². The van der Waals surface area contributed by atoms with E-state index in [9.17, 15) is 0 Å². The molecule has 3 aromatic rings. The Morgan fingerprint density at radius 2 is 1.88 bits per heavy atom. The van der Waals surface area contributed by atoms with Crippen LogP contribution in [-0.2, 0) is 0 Å². The molecule has 25 heavy (non-hydrogen) atoms. The molecule has 0 amide bonds. The van der Waals surface area contributed by atoms with Crippen molar-refractivity contribution in [1.29, 1.82) is 0 Å². The summed E-state index contributed by atoms with van der Waals surface area (Å²) in [5.41, 5.74) is 4.08. The highest BCUT2D eigenvalue weighted by atomic mass is 15.3. The third-order valence-corrected chi connectivity index (χ3v) is 4.52. The van der Waals surface area contributed by atoms with Crippen molar-refractivity contribution in [3.8, 4) is 11.3 Å². The number of aromatic nitrogens is 3. The Morgan fingerprint density at radius 3 is 2.68 bits per heavy atom. The lowest BCUT2D eigenvalue weighted by Gasteiger charge is -2.27. The van der Waals surface area contributed by atoms with Crippen LogP contribution in [0, 0.1) is 0 Å². The number of rotatable bonds is 3. The Balaban J connectivity index is 1.71. The fourth-order valence-electron chi connectivity index (χ4n) is 3.06. The van der Waals surface area contributed by atoms with E-state index in [1.165, 1.54) is 0 Å². The summed E-state index contributed by atoms with van der Waals surface area (Å²) in [7, 11) is 4.09. The second kappa shape index (κ2) is 6.64. The molecule has 0 spiro atoms. The van der Waals surface area contributed by atoms with E-state index in [-0.39, 0.29) is 0 Å². The Labute approximate surface area is 147 Å². The molecular formula is C19H22N6. The van der Waals surface area contributed by atoms with Crippen LogP contribution in [0.3, 0.4) is 0 Å². The average molecular weight is 334 g/mol. The van der Waals surface area contributed by atoms with Crippen LogP contribution in [0.4, 0.5) is 11.6 Å². The van der Waals surface area contributed by atoms with Crippen LogP contribution in [0.15, 0.2) is 42.7 Å². The summed E-state index contributed by atoms with van der Waals surface area (Å²) in [6.07, 6.45) is 3.72. The van der Waals surface area contributed by atoms with Gasteiger partial charge in [-0.15, -0.1) is 0 Å². The maximum absolute atomic E-state index is 4.77. The highest BCUT2D eigenvalue weighted by Crippen LogP contribution is 2.25. The maximum Gasteiger partial charge on any atom is 0.225 e. The van der Waals surface area contributed by atoms with Crippen molar-refractivity contribution in [3.63, 3.8) is 0 Å². The number of hydrogen-bond acceptors (Lipinski definition) is 6. The number of anilines is 2. The smallest absolute Gasteiger partial charge is 0.225 e. The molecule has 6 heteroatoms. The number of benzene rings is 1. The number of nitrogens with one attached hydrogen (secondary N) is 1. The molecule has 1 N–H and O–H groups in total. The van der Waals surface area contributed by atoms with Crippen LogP contribution >= 0.6 is 0 Å². The Hall–Kier alpha value is -2.73. The molecule has 0 saturated carbocycles. The normalized spacial score (nSPS) is 14.7. The van der Waals surface area contributed by atoms with Gasteiger partial charge in [-0.25, -0.2) is 9.97 Å². The van der Waals surface area contributed by atoms with E-state index >= 15 is 0 Å². The van der Waals surface area contributed by atoms with Gasteiger partial charge in [0.15, 0.2) is 0 Å². The molecule has 0 aliphatic carbocycles. The second-order valence-corrected chi connectivity index (χ2v) is 6.47. The SMILES string of the molecule is CN(C)c1ccc2ncc(-c3ccnc(N4CCNCC4)n3)cc2c1. The van der Waals surface area contributed by atoms with Crippen molar-refractivity contribution in [2.75, 3.05) is 50.1 Å². The first-order valence-electron chi connectivity index (χ1n) is 8.57. The minimum atomic E-state index is 0.793. The fourth-order valence-corrected chi connectivity index (χ4v) is 3.06. The Morgan fingerprint density at radius 1 is 1.04 bits per heavy atom. The molecule has 0 bridgehead atoms. The van der Waals surface area contributed by atoms with Crippen LogP contribution < -0.4 is 15.1 Å². The quantitative estimate of drug-likeness (QED) is 0.792. The van der Waals surface area contributed by atoms with Crippen LogP contribution in [0.25, 0.3) is 22.2 Å². The lowest BCUT2D eigenvalue weighted by Crippen LogP contribution is -2.44. The largest absolute Gasteiger partial charge is 0.378 e. The first-order chi connectivity index (χ1) is 12.2. The standard InChI is InChI=1S/C19H22N6/c1-24(2)16-3-4-17-14(12-16)11-15(13-22-17)18-5-6-21-19(23-18)25-9-7-20-8-10-25/h3-6,11-13,20H,7-10H2,1-2H3. The van der Waals surface area contributed by atoms with E-state index in [1.807, 2.05) is 32.6 Å². The molecule has 1 aliphatic rings. The van der Waals surface area contributed by atoms with Crippen LogP contribution in [0.2, 0.25) is 0 Å². The molecule has 1 aliphatic heterocycles. The van der Waals surface area contributed by atoms with Gasteiger partial charge in [-0.1, -0.05) is 0 Å². The molecule has 128 valence electrons. The zero-order valence-corrected chi connectivity index (χ0v) is 14.6. The highest BCUT2D eigenvalue weighted by molar-refractivity contribution is 5.86. The van der Waals surface area contributed by atoms with Crippen molar-refractivity contribution in [1.82, 2.24) is 20.3 Å². The predicted molar refractivity (Wildman–Crippen MR) is 102 cm³/mol. The van der Waals surface area contributed by atoms with Gasteiger partial charge in [-0.2, -0.15) is 0 Å². The van der Waals surface area contributed by atoms with E-state index in [1.54, 1.807) is 0 Å².